The van der Waals surface area contributed by atoms with Crippen molar-refractivity contribution in [2.75, 3.05) is 0 Å². The Hall–Kier alpha value is -2.82. The summed E-state index contributed by atoms with van der Waals surface area (Å²) in [5.41, 5.74) is 11.9. The summed E-state index contributed by atoms with van der Waals surface area (Å²) in [5.74, 6) is 0.583. The second kappa shape index (κ2) is 6.56. The normalized spacial score (nSPS) is 10.1. The number of benzene rings is 2. The van der Waals surface area contributed by atoms with Crippen LogP contribution in [0.5, 0.6) is 11.5 Å². The molecule has 108 valence electrons. The van der Waals surface area contributed by atoms with E-state index in [0.717, 1.165) is 11.1 Å². The van der Waals surface area contributed by atoms with E-state index in [1.807, 2.05) is 0 Å². The van der Waals surface area contributed by atoms with E-state index in [2.05, 4.69) is 0 Å². The Bertz CT molecular complexity index is 576. The Kier molecular flexibility index (Phi) is 4.56. The van der Waals surface area contributed by atoms with Gasteiger partial charge in [-0.25, -0.2) is 0 Å². The number of primary amides is 2. The van der Waals surface area contributed by atoms with Crippen molar-refractivity contribution >= 4 is 11.8 Å². The van der Waals surface area contributed by atoms with Crippen LogP contribution in [0.3, 0.4) is 0 Å². The molecule has 0 fully saturated rings. The summed E-state index contributed by atoms with van der Waals surface area (Å²) in [6, 6.07) is 14.3. The number of nitrogens with two attached hydrogens (primary N) is 2. The van der Waals surface area contributed by atoms with Crippen LogP contribution in [0.15, 0.2) is 48.5 Å². The van der Waals surface area contributed by atoms with Gasteiger partial charge in [-0.15, -0.1) is 0 Å². The van der Waals surface area contributed by atoms with E-state index in [4.69, 9.17) is 16.2 Å². The van der Waals surface area contributed by atoms with Crippen LogP contribution in [0, 0.1) is 0 Å². The third kappa shape index (κ3) is 4.65. The molecular formula is C16H16N2O3. The minimum atomic E-state index is -0.367. The SMILES string of the molecule is NC(=O)Cc1ccc(Oc2ccc(CC(N)=O)cc2)cc1. The predicted molar refractivity (Wildman–Crippen MR) is 78.8 cm³/mol. The number of hydrogen-bond acceptors (Lipinski definition) is 3. The summed E-state index contributed by atoms with van der Waals surface area (Å²) in [7, 11) is 0. The maximum atomic E-state index is 10.8. The maximum absolute atomic E-state index is 10.8. The van der Waals surface area contributed by atoms with E-state index in [0.29, 0.717) is 11.5 Å². The molecule has 4 N–H and O–H groups in total. The molecule has 0 bridgehead atoms. The van der Waals surface area contributed by atoms with Crippen molar-refractivity contribution in [3.8, 4) is 11.5 Å². The largest absolute Gasteiger partial charge is 0.457 e. The molecule has 0 unspecified atom stereocenters. The van der Waals surface area contributed by atoms with Gasteiger partial charge in [0.1, 0.15) is 11.5 Å². The summed E-state index contributed by atoms with van der Waals surface area (Å²) in [4.78, 5) is 21.6. The molecule has 0 atom stereocenters. The Morgan fingerprint density at radius 2 is 1.05 bits per heavy atom. The van der Waals surface area contributed by atoms with Gasteiger partial charge in [0, 0.05) is 0 Å². The van der Waals surface area contributed by atoms with Gasteiger partial charge in [-0.1, -0.05) is 24.3 Å². The van der Waals surface area contributed by atoms with Crippen molar-refractivity contribution < 1.29 is 14.3 Å². The van der Waals surface area contributed by atoms with Gasteiger partial charge in [0.05, 0.1) is 12.8 Å². The van der Waals surface area contributed by atoms with Crippen molar-refractivity contribution in [2.24, 2.45) is 11.5 Å². The zero-order valence-corrected chi connectivity index (χ0v) is 11.4. The Balaban J connectivity index is 2.01. The highest BCUT2D eigenvalue weighted by Crippen LogP contribution is 2.22. The van der Waals surface area contributed by atoms with Crippen molar-refractivity contribution in [2.45, 2.75) is 12.8 Å². The lowest BCUT2D eigenvalue weighted by Gasteiger charge is -2.07. The third-order valence-electron chi connectivity index (χ3n) is 2.84. The fourth-order valence-corrected chi connectivity index (χ4v) is 1.89. The van der Waals surface area contributed by atoms with Crippen molar-refractivity contribution in [3.05, 3.63) is 59.7 Å². The average molecular weight is 284 g/mol. The minimum Gasteiger partial charge on any atom is -0.457 e. The molecule has 0 radical (unpaired) electrons. The van der Waals surface area contributed by atoms with Crippen molar-refractivity contribution in [1.29, 1.82) is 0 Å². The fourth-order valence-electron chi connectivity index (χ4n) is 1.89. The lowest BCUT2D eigenvalue weighted by atomic mass is 10.1. The zero-order chi connectivity index (χ0) is 15.2. The van der Waals surface area contributed by atoms with E-state index in [9.17, 15) is 9.59 Å². The van der Waals surface area contributed by atoms with Crippen LogP contribution in [-0.2, 0) is 22.4 Å². The maximum Gasteiger partial charge on any atom is 0.221 e. The highest BCUT2D eigenvalue weighted by molar-refractivity contribution is 5.77. The van der Waals surface area contributed by atoms with E-state index < -0.39 is 0 Å². The van der Waals surface area contributed by atoms with Gasteiger partial charge < -0.3 is 16.2 Å². The van der Waals surface area contributed by atoms with Crippen LogP contribution in [0.25, 0.3) is 0 Å². The van der Waals surface area contributed by atoms with Gasteiger partial charge in [0.2, 0.25) is 11.8 Å². The number of carbonyl (C=O) groups is 2. The molecule has 21 heavy (non-hydrogen) atoms. The Morgan fingerprint density at radius 3 is 1.33 bits per heavy atom. The van der Waals surface area contributed by atoms with Gasteiger partial charge in [0.25, 0.3) is 0 Å². The summed E-state index contributed by atoms with van der Waals surface area (Å²) in [6.45, 7) is 0. The van der Waals surface area contributed by atoms with Crippen LogP contribution in [-0.4, -0.2) is 11.8 Å². The van der Waals surface area contributed by atoms with Gasteiger partial charge in [0.15, 0.2) is 0 Å². The lowest BCUT2D eigenvalue weighted by molar-refractivity contribution is -0.118. The first-order valence-electron chi connectivity index (χ1n) is 6.45. The van der Waals surface area contributed by atoms with Gasteiger partial charge >= 0.3 is 0 Å². The van der Waals surface area contributed by atoms with Crippen LogP contribution in [0.4, 0.5) is 0 Å². The first-order chi connectivity index (χ1) is 10.0. The second-order valence-corrected chi connectivity index (χ2v) is 4.68. The fraction of sp³-hybridized carbons (Fsp3) is 0.125. The quantitative estimate of drug-likeness (QED) is 0.842. The molecule has 0 heterocycles. The smallest absolute Gasteiger partial charge is 0.221 e. The molecule has 5 heteroatoms. The van der Waals surface area contributed by atoms with Crippen LogP contribution >= 0.6 is 0 Å². The van der Waals surface area contributed by atoms with Crippen LogP contribution in [0.1, 0.15) is 11.1 Å². The number of rotatable bonds is 6. The van der Waals surface area contributed by atoms with Crippen LogP contribution in [0.2, 0.25) is 0 Å². The summed E-state index contributed by atoms with van der Waals surface area (Å²) >= 11 is 0. The average Bonchev–Trinajstić information content (AvgIpc) is 2.42. The molecule has 0 saturated carbocycles. The molecule has 0 saturated heterocycles. The monoisotopic (exact) mass is 284 g/mol. The van der Waals surface area contributed by atoms with E-state index in [-0.39, 0.29) is 24.7 Å². The number of amides is 2. The summed E-state index contributed by atoms with van der Waals surface area (Å²) < 4.78 is 5.67. The molecule has 0 aliphatic carbocycles. The Morgan fingerprint density at radius 1 is 0.714 bits per heavy atom. The van der Waals surface area contributed by atoms with Crippen molar-refractivity contribution in [3.63, 3.8) is 0 Å². The Labute approximate surface area is 122 Å². The molecule has 0 aliphatic heterocycles. The molecule has 0 spiro atoms. The van der Waals surface area contributed by atoms with Gasteiger partial charge in [-0.2, -0.15) is 0 Å². The van der Waals surface area contributed by atoms with E-state index in [1.165, 1.54) is 0 Å². The lowest BCUT2D eigenvalue weighted by Crippen LogP contribution is -2.13. The second-order valence-electron chi connectivity index (χ2n) is 4.68. The highest BCUT2D eigenvalue weighted by Gasteiger charge is 2.02. The summed E-state index contributed by atoms with van der Waals surface area (Å²) in [5, 5.41) is 0. The molecule has 0 aromatic heterocycles. The predicted octanol–water partition coefficient (Wildman–Crippen LogP) is 1.53. The number of carbonyl (C=O) groups excluding carboxylic acids is 2. The molecule has 0 aliphatic rings. The highest BCUT2D eigenvalue weighted by atomic mass is 16.5. The minimum absolute atomic E-state index is 0.210. The number of ether oxygens (including phenoxy) is 1. The molecule has 2 aromatic carbocycles. The molecule has 2 aromatic rings. The van der Waals surface area contributed by atoms with Gasteiger partial charge in [-0.3, -0.25) is 9.59 Å². The zero-order valence-electron chi connectivity index (χ0n) is 11.4. The first-order valence-corrected chi connectivity index (χ1v) is 6.45. The third-order valence-corrected chi connectivity index (χ3v) is 2.84. The molecule has 2 rings (SSSR count). The van der Waals surface area contributed by atoms with Crippen LogP contribution < -0.4 is 16.2 Å². The van der Waals surface area contributed by atoms with Gasteiger partial charge in [-0.05, 0) is 35.4 Å². The molecule has 2 amide bonds. The van der Waals surface area contributed by atoms with E-state index in [1.54, 1.807) is 48.5 Å². The molecule has 5 nitrogen and oxygen atoms in total. The van der Waals surface area contributed by atoms with E-state index >= 15 is 0 Å². The first kappa shape index (κ1) is 14.6. The standard InChI is InChI=1S/C16H16N2O3/c17-15(19)9-11-1-5-13(6-2-11)21-14-7-3-12(4-8-14)10-16(18)20/h1-8H,9-10H2,(H2,17,19)(H2,18,20). The molecular weight excluding hydrogens is 268 g/mol. The summed E-state index contributed by atoms with van der Waals surface area (Å²) in [6.07, 6.45) is 0.421. The van der Waals surface area contributed by atoms with Crippen molar-refractivity contribution in [1.82, 2.24) is 0 Å². The number of hydrogen-bond donors (Lipinski definition) is 2. The topological polar surface area (TPSA) is 95.4 Å².